The van der Waals surface area contributed by atoms with Gasteiger partial charge in [-0.3, -0.25) is 9.78 Å². The average molecular weight is 454 g/mol. The highest BCUT2D eigenvalue weighted by molar-refractivity contribution is 6.32. The fraction of sp³-hybridized carbons (Fsp3) is 0.0870. The summed E-state index contributed by atoms with van der Waals surface area (Å²) in [5.41, 5.74) is 1.13. The van der Waals surface area contributed by atoms with Crippen molar-refractivity contribution in [3.05, 3.63) is 109 Å². The van der Waals surface area contributed by atoms with Crippen molar-refractivity contribution in [1.29, 1.82) is 0 Å². The van der Waals surface area contributed by atoms with Gasteiger partial charge in [-0.15, -0.1) is 0 Å². The lowest BCUT2D eigenvalue weighted by Gasteiger charge is -2.14. The van der Waals surface area contributed by atoms with Crippen molar-refractivity contribution in [2.45, 2.75) is 13.3 Å². The third-order valence-corrected chi connectivity index (χ3v) is 5.03. The van der Waals surface area contributed by atoms with Crippen molar-refractivity contribution >= 4 is 11.6 Å². The number of aromatic nitrogens is 3. The predicted octanol–water partition coefficient (Wildman–Crippen LogP) is 4.11. The Morgan fingerprint density at radius 3 is 2.56 bits per heavy atom. The summed E-state index contributed by atoms with van der Waals surface area (Å²) in [5.74, 6) is 0.564. The molecule has 162 valence electrons. The van der Waals surface area contributed by atoms with E-state index in [1.165, 1.54) is 24.3 Å². The first-order valence-electron chi connectivity index (χ1n) is 9.53. The molecule has 0 saturated carbocycles. The number of hydrogen-bond donors (Lipinski definition) is 2. The standard InChI is InChI=1S/C23H17ClFN3O4/c1-13-8-17(28-23(31)27-21(30)12-26-28)11-19(24)22(13)32-18-6-7-20(29)15(10-18)9-14-2-4-16(25)5-3-14/h2-8,10-12,29H,9H2,1H3,(H,27,30,31). The van der Waals surface area contributed by atoms with E-state index in [1.807, 2.05) is 0 Å². The van der Waals surface area contributed by atoms with E-state index < -0.39 is 11.2 Å². The van der Waals surface area contributed by atoms with Crippen LogP contribution in [0.3, 0.4) is 0 Å². The highest BCUT2D eigenvalue weighted by Crippen LogP contribution is 2.36. The van der Waals surface area contributed by atoms with Crippen LogP contribution in [0.5, 0.6) is 17.2 Å². The normalized spacial score (nSPS) is 10.8. The molecule has 0 amide bonds. The van der Waals surface area contributed by atoms with E-state index in [-0.39, 0.29) is 16.6 Å². The number of aromatic hydroxyl groups is 1. The lowest BCUT2D eigenvalue weighted by Crippen LogP contribution is -2.30. The van der Waals surface area contributed by atoms with Crippen molar-refractivity contribution in [3.8, 4) is 22.9 Å². The number of nitrogens with zero attached hydrogens (tertiary/aromatic N) is 2. The Labute approximate surface area is 186 Å². The molecule has 2 N–H and O–H groups in total. The van der Waals surface area contributed by atoms with Gasteiger partial charge in [0.2, 0.25) is 0 Å². The number of phenols is 1. The number of hydrogen-bond acceptors (Lipinski definition) is 5. The van der Waals surface area contributed by atoms with Crippen molar-refractivity contribution in [2.24, 2.45) is 0 Å². The number of phenolic OH excluding ortho intramolecular Hbond substituents is 1. The Morgan fingerprint density at radius 1 is 1.12 bits per heavy atom. The second-order valence-corrected chi connectivity index (χ2v) is 7.53. The molecule has 0 atom stereocenters. The summed E-state index contributed by atoms with van der Waals surface area (Å²) in [6, 6.07) is 13.9. The van der Waals surface area contributed by atoms with Gasteiger partial charge < -0.3 is 9.84 Å². The maximum atomic E-state index is 13.1. The van der Waals surface area contributed by atoms with E-state index in [4.69, 9.17) is 16.3 Å². The molecular formula is C23H17ClFN3O4. The number of benzene rings is 3. The molecule has 1 aromatic heterocycles. The van der Waals surface area contributed by atoms with Crippen molar-refractivity contribution in [3.63, 3.8) is 0 Å². The topological polar surface area (TPSA) is 97.2 Å². The Hall–Kier alpha value is -3.91. The zero-order valence-electron chi connectivity index (χ0n) is 16.8. The van der Waals surface area contributed by atoms with Crippen LogP contribution in [-0.2, 0) is 6.42 Å². The second-order valence-electron chi connectivity index (χ2n) is 7.12. The molecule has 0 aliphatic heterocycles. The van der Waals surface area contributed by atoms with Crippen molar-refractivity contribution in [1.82, 2.24) is 14.8 Å². The molecule has 0 aliphatic rings. The minimum atomic E-state index is -0.689. The van der Waals surface area contributed by atoms with Crippen LogP contribution in [0, 0.1) is 12.7 Å². The molecule has 4 rings (SSSR count). The fourth-order valence-electron chi connectivity index (χ4n) is 3.21. The lowest BCUT2D eigenvalue weighted by molar-refractivity contribution is 0.458. The van der Waals surface area contributed by atoms with Crippen LogP contribution in [0.25, 0.3) is 5.69 Å². The summed E-state index contributed by atoms with van der Waals surface area (Å²) < 4.78 is 20.1. The molecule has 9 heteroatoms. The number of aryl methyl sites for hydroxylation is 1. The summed E-state index contributed by atoms with van der Waals surface area (Å²) in [6.45, 7) is 1.75. The van der Waals surface area contributed by atoms with Crippen LogP contribution >= 0.6 is 11.6 Å². The zero-order chi connectivity index (χ0) is 22.8. The number of aromatic amines is 1. The number of H-pyrrole nitrogens is 1. The smallest absolute Gasteiger partial charge is 0.349 e. The minimum Gasteiger partial charge on any atom is -0.508 e. The summed E-state index contributed by atoms with van der Waals surface area (Å²) in [5, 5.41) is 14.3. The number of rotatable bonds is 5. The third kappa shape index (κ3) is 4.55. The van der Waals surface area contributed by atoms with Crippen LogP contribution in [0.15, 0.2) is 70.4 Å². The van der Waals surface area contributed by atoms with Gasteiger partial charge in [-0.25, -0.2) is 9.18 Å². The molecule has 0 spiro atoms. The molecule has 0 bridgehead atoms. The molecule has 1 heterocycles. The van der Waals surface area contributed by atoms with E-state index in [9.17, 15) is 19.1 Å². The van der Waals surface area contributed by atoms with E-state index in [2.05, 4.69) is 10.1 Å². The quantitative estimate of drug-likeness (QED) is 0.474. The van der Waals surface area contributed by atoms with Gasteiger partial charge in [0, 0.05) is 12.0 Å². The SMILES string of the molecule is Cc1cc(-n2ncc(=O)[nH]c2=O)cc(Cl)c1Oc1ccc(O)c(Cc2ccc(F)cc2)c1. The van der Waals surface area contributed by atoms with Crippen LogP contribution in [0.4, 0.5) is 4.39 Å². The first-order valence-corrected chi connectivity index (χ1v) is 9.91. The van der Waals surface area contributed by atoms with Gasteiger partial charge in [-0.2, -0.15) is 9.78 Å². The predicted molar refractivity (Wildman–Crippen MR) is 118 cm³/mol. The Kier molecular flexibility index (Phi) is 5.79. The van der Waals surface area contributed by atoms with E-state index in [0.29, 0.717) is 34.7 Å². The van der Waals surface area contributed by atoms with Crippen molar-refractivity contribution in [2.75, 3.05) is 0 Å². The summed E-state index contributed by atoms with van der Waals surface area (Å²) in [7, 11) is 0. The molecule has 0 unspecified atom stereocenters. The monoisotopic (exact) mass is 453 g/mol. The van der Waals surface area contributed by atoms with Gasteiger partial charge in [0.15, 0.2) is 0 Å². The fourth-order valence-corrected chi connectivity index (χ4v) is 3.51. The van der Waals surface area contributed by atoms with Crippen LogP contribution in [0.2, 0.25) is 5.02 Å². The highest BCUT2D eigenvalue weighted by atomic mass is 35.5. The van der Waals surface area contributed by atoms with Gasteiger partial charge in [-0.05, 0) is 60.5 Å². The maximum absolute atomic E-state index is 13.1. The van der Waals surface area contributed by atoms with Crippen LogP contribution in [-0.4, -0.2) is 19.9 Å². The van der Waals surface area contributed by atoms with Gasteiger partial charge in [-0.1, -0.05) is 23.7 Å². The Bertz CT molecular complexity index is 1390. The largest absolute Gasteiger partial charge is 0.508 e. The zero-order valence-corrected chi connectivity index (χ0v) is 17.6. The molecule has 0 fully saturated rings. The number of nitrogens with one attached hydrogen (secondary N) is 1. The molecule has 0 saturated heterocycles. The third-order valence-electron chi connectivity index (χ3n) is 4.75. The molecule has 0 aliphatic carbocycles. The van der Waals surface area contributed by atoms with Crippen LogP contribution < -0.4 is 16.0 Å². The minimum absolute atomic E-state index is 0.0864. The Balaban J connectivity index is 1.63. The van der Waals surface area contributed by atoms with Gasteiger partial charge in [0.05, 0.1) is 10.7 Å². The summed E-state index contributed by atoms with van der Waals surface area (Å²) in [4.78, 5) is 25.4. The second kappa shape index (κ2) is 8.68. The molecule has 3 aromatic carbocycles. The molecule has 7 nitrogen and oxygen atoms in total. The van der Waals surface area contributed by atoms with E-state index in [0.717, 1.165) is 16.4 Å². The molecule has 32 heavy (non-hydrogen) atoms. The highest BCUT2D eigenvalue weighted by Gasteiger charge is 2.13. The van der Waals surface area contributed by atoms with Crippen molar-refractivity contribution < 1.29 is 14.2 Å². The first kappa shape index (κ1) is 21.3. The first-order chi connectivity index (χ1) is 15.3. The average Bonchev–Trinajstić information content (AvgIpc) is 2.74. The number of halogens is 2. The number of ether oxygens (including phenoxy) is 1. The summed E-state index contributed by atoms with van der Waals surface area (Å²) in [6.07, 6.45) is 1.38. The van der Waals surface area contributed by atoms with Crippen LogP contribution in [0.1, 0.15) is 16.7 Å². The lowest BCUT2D eigenvalue weighted by atomic mass is 10.0. The molecule has 4 aromatic rings. The molecular weight excluding hydrogens is 437 g/mol. The van der Waals surface area contributed by atoms with Gasteiger partial charge >= 0.3 is 5.69 Å². The summed E-state index contributed by atoms with van der Waals surface area (Å²) >= 11 is 6.41. The van der Waals surface area contributed by atoms with E-state index >= 15 is 0 Å². The van der Waals surface area contributed by atoms with Gasteiger partial charge in [0.25, 0.3) is 5.56 Å². The maximum Gasteiger partial charge on any atom is 0.349 e. The van der Waals surface area contributed by atoms with Gasteiger partial charge in [0.1, 0.15) is 29.3 Å². The van der Waals surface area contributed by atoms with E-state index in [1.54, 1.807) is 37.3 Å². The Morgan fingerprint density at radius 2 is 1.88 bits per heavy atom. The molecule has 0 radical (unpaired) electrons.